The van der Waals surface area contributed by atoms with Gasteiger partial charge in [0.15, 0.2) is 0 Å². The van der Waals surface area contributed by atoms with E-state index in [-0.39, 0.29) is 0 Å². The zero-order valence-electron chi connectivity index (χ0n) is 9.16. The van der Waals surface area contributed by atoms with Crippen LogP contribution >= 0.6 is 0 Å². The molecule has 1 fully saturated rings. The van der Waals surface area contributed by atoms with Gasteiger partial charge in [0, 0.05) is 0 Å². The first-order chi connectivity index (χ1) is 7.36. The molecule has 0 nitrogen and oxygen atoms in total. The summed E-state index contributed by atoms with van der Waals surface area (Å²) in [5.41, 5.74) is 0.850. The fourth-order valence-corrected chi connectivity index (χ4v) is 2.51. The van der Waals surface area contributed by atoms with E-state index in [0.29, 0.717) is 5.92 Å². The molecule has 1 unspecified atom stereocenters. The Hall–Kier alpha value is -0.850. The van der Waals surface area contributed by atoms with Crippen LogP contribution in [0, 0.1) is 5.92 Å². The molecule has 1 aromatic rings. The molecule has 0 heterocycles. The van der Waals surface area contributed by atoms with Crippen molar-refractivity contribution in [1.29, 1.82) is 0 Å². The lowest BCUT2D eigenvalue weighted by atomic mass is 9.84. The molecular weight excluding hydrogens is 187 g/mol. The van der Waals surface area contributed by atoms with Gasteiger partial charge in [-0.1, -0.05) is 62.4 Å². The molecule has 1 atom stereocenters. The second-order valence-corrected chi connectivity index (χ2v) is 4.62. The van der Waals surface area contributed by atoms with Crippen LogP contribution in [0.5, 0.6) is 0 Å². The zero-order valence-corrected chi connectivity index (χ0v) is 9.16. The average Bonchev–Trinajstić information content (AvgIpc) is 2.31. The summed E-state index contributed by atoms with van der Waals surface area (Å²) in [6.07, 6.45) is 6.37. The third-order valence-corrected chi connectivity index (χ3v) is 3.43. The number of rotatable bonds is 3. The second-order valence-electron chi connectivity index (χ2n) is 4.62. The highest BCUT2D eigenvalue weighted by Crippen LogP contribution is 2.33. The molecule has 0 saturated heterocycles. The Morgan fingerprint density at radius 1 is 1.07 bits per heavy atom. The number of halogens is 1. The number of hydrogen-bond donors (Lipinski definition) is 0. The van der Waals surface area contributed by atoms with Gasteiger partial charge in [-0.05, 0) is 17.9 Å². The van der Waals surface area contributed by atoms with Gasteiger partial charge in [0.25, 0.3) is 0 Å². The Morgan fingerprint density at radius 2 is 1.73 bits per heavy atom. The molecule has 1 aromatic carbocycles. The largest absolute Gasteiger partial charge is 0.242 e. The van der Waals surface area contributed by atoms with Crippen LogP contribution < -0.4 is 0 Å². The summed E-state index contributed by atoms with van der Waals surface area (Å²) in [7, 11) is 0. The highest BCUT2D eigenvalue weighted by molar-refractivity contribution is 5.17. The molecule has 2 rings (SSSR count). The molecular formula is C14H19F. The van der Waals surface area contributed by atoms with E-state index in [4.69, 9.17) is 0 Å². The van der Waals surface area contributed by atoms with Gasteiger partial charge >= 0.3 is 0 Å². The Balaban J connectivity index is 1.88. The highest BCUT2D eigenvalue weighted by atomic mass is 19.1. The minimum absolute atomic E-state index is 0.619. The smallest absolute Gasteiger partial charge is 0.125 e. The number of benzene rings is 1. The highest BCUT2D eigenvalue weighted by Gasteiger charge is 2.19. The minimum Gasteiger partial charge on any atom is -0.242 e. The lowest BCUT2D eigenvalue weighted by molar-refractivity contribution is 0.233. The topological polar surface area (TPSA) is 0 Å². The van der Waals surface area contributed by atoms with Crippen molar-refractivity contribution in [2.45, 2.75) is 44.7 Å². The van der Waals surface area contributed by atoms with E-state index in [9.17, 15) is 4.39 Å². The molecule has 1 heteroatoms. The van der Waals surface area contributed by atoms with Crippen LogP contribution in [-0.2, 0) is 0 Å². The first-order valence-electron chi connectivity index (χ1n) is 6.05. The van der Waals surface area contributed by atoms with E-state index in [1.54, 1.807) is 0 Å². The normalized spacial score (nSPS) is 20.1. The molecule has 15 heavy (non-hydrogen) atoms. The van der Waals surface area contributed by atoms with Crippen molar-refractivity contribution in [3.8, 4) is 0 Å². The summed E-state index contributed by atoms with van der Waals surface area (Å²) >= 11 is 0. The van der Waals surface area contributed by atoms with Crippen LogP contribution in [0.3, 0.4) is 0 Å². The van der Waals surface area contributed by atoms with Crippen molar-refractivity contribution < 1.29 is 4.39 Å². The van der Waals surface area contributed by atoms with Crippen LogP contribution in [-0.4, -0.2) is 0 Å². The Kier molecular flexibility index (Phi) is 3.76. The predicted octanol–water partition coefficient (Wildman–Crippen LogP) is 4.67. The van der Waals surface area contributed by atoms with Crippen LogP contribution in [0.15, 0.2) is 30.3 Å². The maximum absolute atomic E-state index is 13.9. The summed E-state index contributed by atoms with van der Waals surface area (Å²) in [5.74, 6) is 0.619. The minimum atomic E-state index is -0.755. The van der Waals surface area contributed by atoms with Gasteiger partial charge in [-0.15, -0.1) is 0 Å². The summed E-state index contributed by atoms with van der Waals surface area (Å²) in [4.78, 5) is 0. The van der Waals surface area contributed by atoms with Crippen molar-refractivity contribution in [3.05, 3.63) is 35.9 Å². The summed E-state index contributed by atoms with van der Waals surface area (Å²) < 4.78 is 13.9. The van der Waals surface area contributed by atoms with E-state index >= 15 is 0 Å². The first-order valence-corrected chi connectivity index (χ1v) is 6.05. The average molecular weight is 206 g/mol. The maximum Gasteiger partial charge on any atom is 0.125 e. The van der Waals surface area contributed by atoms with E-state index in [1.807, 2.05) is 30.3 Å². The van der Waals surface area contributed by atoms with E-state index in [2.05, 4.69) is 0 Å². The third-order valence-electron chi connectivity index (χ3n) is 3.43. The van der Waals surface area contributed by atoms with E-state index in [0.717, 1.165) is 12.0 Å². The van der Waals surface area contributed by atoms with Gasteiger partial charge in [0.2, 0.25) is 0 Å². The monoisotopic (exact) mass is 206 g/mol. The van der Waals surface area contributed by atoms with Gasteiger partial charge in [-0.25, -0.2) is 4.39 Å². The summed E-state index contributed by atoms with van der Waals surface area (Å²) in [5, 5.41) is 0. The standard InChI is InChI=1S/C14H19F/c15-14(13-9-5-2-6-10-13)11-12-7-3-1-4-8-12/h2,5-6,9-10,12,14H,1,3-4,7-8,11H2. The molecule has 1 aliphatic carbocycles. The molecule has 0 aromatic heterocycles. The zero-order chi connectivity index (χ0) is 10.5. The van der Waals surface area contributed by atoms with Crippen LogP contribution in [0.25, 0.3) is 0 Å². The van der Waals surface area contributed by atoms with Crippen molar-refractivity contribution in [3.63, 3.8) is 0 Å². The first kappa shape index (κ1) is 10.7. The summed E-state index contributed by atoms with van der Waals surface area (Å²) in [6.45, 7) is 0. The molecule has 0 bridgehead atoms. The molecule has 1 aliphatic rings. The van der Waals surface area contributed by atoms with Crippen molar-refractivity contribution in [1.82, 2.24) is 0 Å². The molecule has 1 saturated carbocycles. The third kappa shape index (κ3) is 3.05. The molecule has 82 valence electrons. The van der Waals surface area contributed by atoms with Crippen molar-refractivity contribution in [2.24, 2.45) is 5.92 Å². The fraction of sp³-hybridized carbons (Fsp3) is 0.571. The van der Waals surface area contributed by atoms with Crippen molar-refractivity contribution in [2.75, 3.05) is 0 Å². The van der Waals surface area contributed by atoms with Gasteiger partial charge < -0.3 is 0 Å². The van der Waals surface area contributed by atoms with Gasteiger partial charge in [0.1, 0.15) is 6.17 Å². The van der Waals surface area contributed by atoms with Crippen LogP contribution in [0.1, 0.15) is 50.3 Å². The molecule has 0 N–H and O–H groups in total. The summed E-state index contributed by atoms with van der Waals surface area (Å²) in [6, 6.07) is 9.57. The Bertz CT molecular complexity index is 275. The molecule has 0 spiro atoms. The number of hydrogen-bond acceptors (Lipinski definition) is 0. The lowest BCUT2D eigenvalue weighted by Crippen LogP contribution is -2.09. The molecule has 0 amide bonds. The van der Waals surface area contributed by atoms with Gasteiger partial charge in [-0.2, -0.15) is 0 Å². The van der Waals surface area contributed by atoms with Gasteiger partial charge in [0.05, 0.1) is 0 Å². The fourth-order valence-electron chi connectivity index (χ4n) is 2.51. The predicted molar refractivity (Wildman–Crippen MR) is 61.5 cm³/mol. The quantitative estimate of drug-likeness (QED) is 0.674. The number of alkyl halides is 1. The van der Waals surface area contributed by atoms with Gasteiger partial charge in [-0.3, -0.25) is 0 Å². The maximum atomic E-state index is 13.9. The van der Waals surface area contributed by atoms with E-state index < -0.39 is 6.17 Å². The Labute approximate surface area is 91.5 Å². The van der Waals surface area contributed by atoms with Crippen LogP contribution in [0.4, 0.5) is 4.39 Å². The Morgan fingerprint density at radius 3 is 2.40 bits per heavy atom. The van der Waals surface area contributed by atoms with E-state index in [1.165, 1.54) is 32.1 Å². The van der Waals surface area contributed by atoms with Crippen molar-refractivity contribution >= 4 is 0 Å². The SMILES string of the molecule is FC(CC1CCCCC1)c1ccccc1. The molecule has 0 aliphatic heterocycles. The second kappa shape index (κ2) is 5.29. The molecule has 0 radical (unpaired) electrons. The van der Waals surface area contributed by atoms with Crippen LogP contribution in [0.2, 0.25) is 0 Å². The lowest BCUT2D eigenvalue weighted by Gasteiger charge is -2.23.